The van der Waals surface area contributed by atoms with E-state index in [-0.39, 0.29) is 40.2 Å². The molecular weight excluding hydrogens is 286 g/mol. The van der Waals surface area contributed by atoms with Crippen LogP contribution in [0.3, 0.4) is 0 Å². The number of nitrogens with one attached hydrogen (secondary N) is 1. The molecule has 0 aromatic heterocycles. The Bertz CT molecular complexity index is 492. The Morgan fingerprint density at radius 1 is 1.14 bits per heavy atom. The van der Waals surface area contributed by atoms with Gasteiger partial charge in [-0.25, -0.2) is 8.42 Å². The van der Waals surface area contributed by atoms with Crippen LogP contribution in [0.2, 0.25) is 0 Å². The van der Waals surface area contributed by atoms with Gasteiger partial charge in [-0.1, -0.05) is 27.7 Å². The lowest BCUT2D eigenvalue weighted by atomic mass is 9.63. The smallest absolute Gasteiger partial charge is 0.220 e. The van der Waals surface area contributed by atoms with Crippen molar-refractivity contribution in [2.45, 2.75) is 65.8 Å². The fourth-order valence-electron chi connectivity index (χ4n) is 4.53. The molecule has 4 nitrogen and oxygen atoms in total. The third-order valence-corrected chi connectivity index (χ3v) is 6.56. The maximum absolute atomic E-state index is 12.2. The van der Waals surface area contributed by atoms with Crippen LogP contribution in [0.25, 0.3) is 0 Å². The topological polar surface area (TPSA) is 63.2 Å². The minimum absolute atomic E-state index is 0.0135. The van der Waals surface area contributed by atoms with E-state index in [1.54, 1.807) is 0 Å². The number of amides is 1. The van der Waals surface area contributed by atoms with Crippen molar-refractivity contribution in [1.29, 1.82) is 0 Å². The Morgan fingerprint density at radius 2 is 1.71 bits per heavy atom. The Hall–Kier alpha value is -0.580. The number of hydrogen-bond acceptors (Lipinski definition) is 3. The van der Waals surface area contributed by atoms with Crippen LogP contribution in [-0.4, -0.2) is 31.9 Å². The zero-order valence-corrected chi connectivity index (χ0v) is 14.6. The first-order valence-corrected chi connectivity index (χ1v) is 9.78. The molecule has 1 aliphatic carbocycles. The van der Waals surface area contributed by atoms with E-state index < -0.39 is 9.84 Å². The molecular formula is C16H29NO3S. The van der Waals surface area contributed by atoms with E-state index in [2.05, 4.69) is 33.0 Å². The summed E-state index contributed by atoms with van der Waals surface area (Å²) >= 11 is 0. The zero-order chi connectivity index (χ0) is 15.9. The molecule has 1 heterocycles. The first-order valence-electron chi connectivity index (χ1n) is 7.96. The van der Waals surface area contributed by atoms with Crippen molar-refractivity contribution >= 4 is 15.7 Å². The largest absolute Gasteiger partial charge is 0.353 e. The van der Waals surface area contributed by atoms with Crippen LogP contribution in [0.5, 0.6) is 0 Å². The van der Waals surface area contributed by atoms with E-state index >= 15 is 0 Å². The molecule has 2 aliphatic rings. The van der Waals surface area contributed by atoms with Gasteiger partial charge in [0.15, 0.2) is 9.84 Å². The number of carbonyl (C=O) groups is 1. The van der Waals surface area contributed by atoms with Crippen LogP contribution in [-0.2, 0) is 14.6 Å². The molecule has 2 fully saturated rings. The lowest BCUT2D eigenvalue weighted by Crippen LogP contribution is -2.46. The quantitative estimate of drug-likeness (QED) is 0.870. The van der Waals surface area contributed by atoms with E-state index in [1.165, 1.54) is 6.42 Å². The van der Waals surface area contributed by atoms with Crippen molar-refractivity contribution in [1.82, 2.24) is 5.32 Å². The molecule has 21 heavy (non-hydrogen) atoms. The average molecular weight is 315 g/mol. The van der Waals surface area contributed by atoms with Gasteiger partial charge >= 0.3 is 0 Å². The SMILES string of the molecule is CC1(C)CC(NC(=O)CC2CCS(=O)(=O)C2)CC(C)(C)C1. The molecule has 1 saturated heterocycles. The van der Waals surface area contributed by atoms with Gasteiger partial charge in [0, 0.05) is 12.5 Å². The summed E-state index contributed by atoms with van der Waals surface area (Å²) in [5, 5.41) is 3.15. The average Bonchev–Trinajstić information content (AvgIpc) is 2.52. The van der Waals surface area contributed by atoms with Crippen LogP contribution < -0.4 is 5.32 Å². The molecule has 1 unspecified atom stereocenters. The fraction of sp³-hybridized carbons (Fsp3) is 0.938. The molecule has 122 valence electrons. The van der Waals surface area contributed by atoms with Gasteiger partial charge < -0.3 is 5.32 Å². The number of carbonyl (C=O) groups excluding carboxylic acids is 1. The summed E-state index contributed by atoms with van der Waals surface area (Å²) in [5.41, 5.74) is 0.493. The number of rotatable bonds is 3. The Morgan fingerprint density at radius 3 is 2.19 bits per heavy atom. The standard InChI is InChI=1S/C16H29NO3S/c1-15(2)8-13(9-16(3,4)11-15)17-14(18)7-12-5-6-21(19,20)10-12/h12-13H,5-11H2,1-4H3,(H,17,18). The first-order chi connectivity index (χ1) is 9.46. The molecule has 2 rings (SSSR count). The highest BCUT2D eigenvalue weighted by atomic mass is 32.2. The predicted octanol–water partition coefficient (Wildman–Crippen LogP) is 2.53. The van der Waals surface area contributed by atoms with E-state index in [4.69, 9.17) is 0 Å². The summed E-state index contributed by atoms with van der Waals surface area (Å²) in [7, 11) is -2.89. The molecule has 1 atom stereocenters. The highest BCUT2D eigenvalue weighted by molar-refractivity contribution is 7.91. The van der Waals surface area contributed by atoms with Gasteiger partial charge in [0.05, 0.1) is 11.5 Å². The Labute approximate surface area is 129 Å². The highest BCUT2D eigenvalue weighted by Gasteiger charge is 2.39. The molecule has 0 spiro atoms. The van der Waals surface area contributed by atoms with E-state index in [0.29, 0.717) is 12.8 Å². The van der Waals surface area contributed by atoms with Gasteiger partial charge in [-0.2, -0.15) is 0 Å². The van der Waals surface area contributed by atoms with Crippen molar-refractivity contribution < 1.29 is 13.2 Å². The molecule has 1 saturated carbocycles. The van der Waals surface area contributed by atoms with Crippen LogP contribution in [0.4, 0.5) is 0 Å². The minimum atomic E-state index is -2.89. The summed E-state index contributed by atoms with van der Waals surface area (Å²) in [6.07, 6.45) is 4.18. The monoisotopic (exact) mass is 315 g/mol. The predicted molar refractivity (Wildman–Crippen MR) is 84.7 cm³/mol. The maximum atomic E-state index is 12.2. The van der Waals surface area contributed by atoms with Gasteiger partial charge in [0.1, 0.15) is 0 Å². The molecule has 1 amide bonds. The normalized spacial score (nSPS) is 31.0. The first kappa shape index (κ1) is 16.8. The maximum Gasteiger partial charge on any atom is 0.220 e. The number of hydrogen-bond donors (Lipinski definition) is 1. The van der Waals surface area contributed by atoms with Crippen LogP contribution in [0.1, 0.15) is 59.8 Å². The van der Waals surface area contributed by atoms with Gasteiger partial charge in [-0.15, -0.1) is 0 Å². The van der Waals surface area contributed by atoms with E-state index in [1.807, 2.05) is 0 Å². The van der Waals surface area contributed by atoms with Gasteiger partial charge in [-0.05, 0) is 42.4 Å². The van der Waals surface area contributed by atoms with Crippen LogP contribution >= 0.6 is 0 Å². The summed E-state index contributed by atoms with van der Waals surface area (Å²) in [6.45, 7) is 9.04. The van der Waals surface area contributed by atoms with Crippen molar-refractivity contribution in [2.75, 3.05) is 11.5 Å². The summed E-state index contributed by atoms with van der Waals surface area (Å²) in [4.78, 5) is 12.2. The zero-order valence-electron chi connectivity index (χ0n) is 13.7. The molecule has 0 bridgehead atoms. The summed E-state index contributed by atoms with van der Waals surface area (Å²) in [6, 6.07) is 0.217. The third-order valence-electron chi connectivity index (χ3n) is 4.72. The molecule has 5 heteroatoms. The van der Waals surface area contributed by atoms with Crippen molar-refractivity contribution in [3.63, 3.8) is 0 Å². The van der Waals surface area contributed by atoms with Crippen LogP contribution in [0.15, 0.2) is 0 Å². The van der Waals surface area contributed by atoms with E-state index in [0.717, 1.165) is 12.8 Å². The lowest BCUT2D eigenvalue weighted by Gasteiger charge is -2.45. The fourth-order valence-corrected chi connectivity index (χ4v) is 6.39. The van der Waals surface area contributed by atoms with Gasteiger partial charge in [0.25, 0.3) is 0 Å². The van der Waals surface area contributed by atoms with Crippen molar-refractivity contribution in [3.8, 4) is 0 Å². The van der Waals surface area contributed by atoms with E-state index in [9.17, 15) is 13.2 Å². The van der Waals surface area contributed by atoms with Crippen LogP contribution in [0, 0.1) is 16.7 Å². The summed E-state index contributed by atoms with van der Waals surface area (Å²) in [5.74, 6) is 0.464. The molecule has 0 aromatic rings. The molecule has 0 radical (unpaired) electrons. The van der Waals surface area contributed by atoms with Crippen molar-refractivity contribution in [2.24, 2.45) is 16.7 Å². The van der Waals surface area contributed by atoms with Crippen molar-refractivity contribution in [3.05, 3.63) is 0 Å². The second-order valence-electron chi connectivity index (χ2n) is 8.65. The minimum Gasteiger partial charge on any atom is -0.353 e. The second-order valence-corrected chi connectivity index (χ2v) is 10.9. The number of sulfone groups is 1. The molecule has 0 aromatic carbocycles. The molecule has 1 N–H and O–H groups in total. The Balaban J connectivity index is 1.88. The lowest BCUT2D eigenvalue weighted by molar-refractivity contribution is -0.123. The van der Waals surface area contributed by atoms with Gasteiger partial charge in [0.2, 0.25) is 5.91 Å². The third kappa shape index (κ3) is 4.97. The highest BCUT2D eigenvalue weighted by Crippen LogP contribution is 2.45. The van der Waals surface area contributed by atoms with Gasteiger partial charge in [-0.3, -0.25) is 4.79 Å². The molecule has 1 aliphatic heterocycles. The Kier molecular flexibility index (Phi) is 4.45. The summed E-state index contributed by atoms with van der Waals surface area (Å²) < 4.78 is 22.9. The second kappa shape index (κ2) is 5.56.